The minimum absolute atomic E-state index is 0.272. The van der Waals surface area contributed by atoms with Gasteiger partial charge in [-0.25, -0.2) is 14.8 Å². The number of hydrogen-bond acceptors (Lipinski definition) is 4. The lowest BCUT2D eigenvalue weighted by Crippen LogP contribution is -2.00. The highest BCUT2D eigenvalue weighted by molar-refractivity contribution is 5.87. The number of benzene rings is 1. The summed E-state index contributed by atoms with van der Waals surface area (Å²) in [5.74, 6) is -0.640. The van der Waals surface area contributed by atoms with Gasteiger partial charge >= 0.3 is 5.97 Å². The van der Waals surface area contributed by atoms with Gasteiger partial charge in [-0.15, -0.1) is 0 Å². The van der Waals surface area contributed by atoms with Crippen LogP contribution in [-0.2, 0) is 12.8 Å². The number of carboxylic acids is 1. The summed E-state index contributed by atoms with van der Waals surface area (Å²) >= 11 is 0. The molecule has 18 heavy (non-hydrogen) atoms. The summed E-state index contributed by atoms with van der Waals surface area (Å²) in [6.45, 7) is 0. The second-order valence-electron chi connectivity index (χ2n) is 3.91. The molecule has 0 spiro atoms. The third kappa shape index (κ3) is 3.04. The highest BCUT2D eigenvalue weighted by atomic mass is 16.4. The quantitative estimate of drug-likeness (QED) is 0.850. The van der Waals surface area contributed by atoms with Gasteiger partial charge in [-0.2, -0.15) is 0 Å². The van der Waals surface area contributed by atoms with Crippen molar-refractivity contribution in [2.45, 2.75) is 12.8 Å². The van der Waals surface area contributed by atoms with E-state index in [1.54, 1.807) is 18.3 Å². The highest BCUT2D eigenvalue weighted by Gasteiger charge is 2.02. The van der Waals surface area contributed by atoms with Crippen LogP contribution in [0.2, 0.25) is 0 Å². The Morgan fingerprint density at radius 1 is 1.17 bits per heavy atom. The van der Waals surface area contributed by atoms with E-state index in [-0.39, 0.29) is 5.95 Å². The first kappa shape index (κ1) is 12.0. The number of nitrogens with two attached hydrogens (primary N) is 1. The van der Waals surface area contributed by atoms with Gasteiger partial charge in [0.2, 0.25) is 5.95 Å². The van der Waals surface area contributed by atoms with E-state index in [4.69, 9.17) is 10.8 Å². The predicted molar refractivity (Wildman–Crippen MR) is 67.3 cm³/mol. The fraction of sp³-hybridized carbons (Fsp3) is 0.154. The van der Waals surface area contributed by atoms with Crippen molar-refractivity contribution in [3.05, 3.63) is 53.3 Å². The zero-order chi connectivity index (χ0) is 13.0. The molecule has 0 atom stereocenters. The number of nitrogens with zero attached hydrogens (tertiary/aromatic N) is 2. The summed E-state index contributed by atoms with van der Waals surface area (Å²) in [5, 5.41) is 8.78. The van der Waals surface area contributed by atoms with Gasteiger partial charge < -0.3 is 10.8 Å². The number of rotatable bonds is 4. The number of aromatic nitrogens is 2. The first-order valence-corrected chi connectivity index (χ1v) is 5.55. The molecule has 5 nitrogen and oxygen atoms in total. The Hall–Kier alpha value is -2.43. The lowest BCUT2D eigenvalue weighted by molar-refractivity contribution is 0.0697. The van der Waals surface area contributed by atoms with E-state index in [0.29, 0.717) is 5.56 Å². The van der Waals surface area contributed by atoms with Gasteiger partial charge in [-0.05, 0) is 36.6 Å². The Morgan fingerprint density at radius 2 is 1.89 bits per heavy atom. The van der Waals surface area contributed by atoms with E-state index >= 15 is 0 Å². The van der Waals surface area contributed by atoms with Crippen LogP contribution in [0.3, 0.4) is 0 Å². The number of aryl methyl sites for hydroxylation is 2. The molecule has 0 bridgehead atoms. The Labute approximate surface area is 104 Å². The molecule has 5 heteroatoms. The van der Waals surface area contributed by atoms with Crippen LogP contribution in [0.15, 0.2) is 36.5 Å². The van der Waals surface area contributed by atoms with Crippen LogP contribution in [0, 0.1) is 0 Å². The molecule has 92 valence electrons. The molecule has 0 radical (unpaired) electrons. The standard InChI is InChI=1S/C13H13N3O2/c14-13-15-8-7-11(16-13)6-3-9-1-4-10(5-2-9)12(17)18/h1-2,4-5,7-8H,3,6H2,(H,17,18)(H2,14,15,16). The Kier molecular flexibility index (Phi) is 3.52. The van der Waals surface area contributed by atoms with E-state index in [1.165, 1.54) is 0 Å². The smallest absolute Gasteiger partial charge is 0.335 e. The van der Waals surface area contributed by atoms with Gasteiger partial charge in [-0.1, -0.05) is 12.1 Å². The van der Waals surface area contributed by atoms with Crippen LogP contribution in [-0.4, -0.2) is 21.0 Å². The molecule has 1 heterocycles. The highest BCUT2D eigenvalue weighted by Crippen LogP contribution is 2.08. The fourth-order valence-corrected chi connectivity index (χ4v) is 1.64. The molecule has 0 saturated heterocycles. The van der Waals surface area contributed by atoms with Crippen molar-refractivity contribution >= 4 is 11.9 Å². The summed E-state index contributed by atoms with van der Waals surface area (Å²) < 4.78 is 0. The number of carboxylic acid groups (broad SMARTS) is 1. The normalized spacial score (nSPS) is 10.2. The molecule has 0 fully saturated rings. The maximum atomic E-state index is 10.7. The number of hydrogen-bond donors (Lipinski definition) is 2. The average Bonchev–Trinajstić information content (AvgIpc) is 2.37. The monoisotopic (exact) mass is 243 g/mol. The van der Waals surface area contributed by atoms with Crippen molar-refractivity contribution in [1.82, 2.24) is 9.97 Å². The van der Waals surface area contributed by atoms with E-state index < -0.39 is 5.97 Å². The summed E-state index contributed by atoms with van der Waals surface area (Å²) in [6.07, 6.45) is 3.17. The van der Waals surface area contributed by atoms with Crippen LogP contribution in [0.5, 0.6) is 0 Å². The second kappa shape index (κ2) is 5.27. The van der Waals surface area contributed by atoms with Gasteiger partial charge in [-0.3, -0.25) is 0 Å². The predicted octanol–water partition coefficient (Wildman–Crippen LogP) is 1.54. The summed E-state index contributed by atoms with van der Waals surface area (Å²) in [7, 11) is 0. The summed E-state index contributed by atoms with van der Waals surface area (Å²) in [4.78, 5) is 18.6. The average molecular weight is 243 g/mol. The number of carbonyl (C=O) groups is 1. The van der Waals surface area contributed by atoms with Crippen molar-refractivity contribution in [2.24, 2.45) is 0 Å². The van der Waals surface area contributed by atoms with Gasteiger partial charge in [0.25, 0.3) is 0 Å². The molecule has 0 aliphatic rings. The van der Waals surface area contributed by atoms with Crippen LogP contribution >= 0.6 is 0 Å². The molecule has 3 N–H and O–H groups in total. The number of anilines is 1. The van der Waals surface area contributed by atoms with Gasteiger partial charge in [0, 0.05) is 11.9 Å². The topological polar surface area (TPSA) is 89.1 Å². The van der Waals surface area contributed by atoms with E-state index in [2.05, 4.69) is 9.97 Å². The fourth-order valence-electron chi connectivity index (χ4n) is 1.64. The first-order chi connectivity index (χ1) is 8.65. The molecular formula is C13H13N3O2. The SMILES string of the molecule is Nc1nccc(CCc2ccc(C(=O)O)cc2)n1. The molecule has 1 aromatic heterocycles. The molecular weight excluding hydrogens is 230 g/mol. The van der Waals surface area contributed by atoms with Gasteiger partial charge in [0.1, 0.15) is 0 Å². The number of nitrogen functional groups attached to an aromatic ring is 1. The van der Waals surface area contributed by atoms with Crippen LogP contribution in [0.25, 0.3) is 0 Å². The van der Waals surface area contributed by atoms with E-state index in [0.717, 1.165) is 24.1 Å². The molecule has 0 saturated carbocycles. The van der Waals surface area contributed by atoms with Crippen molar-refractivity contribution in [3.8, 4) is 0 Å². The van der Waals surface area contributed by atoms with Crippen LogP contribution in [0.1, 0.15) is 21.6 Å². The first-order valence-electron chi connectivity index (χ1n) is 5.55. The lowest BCUT2D eigenvalue weighted by Gasteiger charge is -2.02. The molecule has 0 aliphatic heterocycles. The third-order valence-electron chi connectivity index (χ3n) is 2.60. The van der Waals surface area contributed by atoms with E-state index in [1.807, 2.05) is 18.2 Å². The lowest BCUT2D eigenvalue weighted by atomic mass is 10.1. The Morgan fingerprint density at radius 3 is 2.50 bits per heavy atom. The number of aromatic carboxylic acids is 1. The van der Waals surface area contributed by atoms with Crippen molar-refractivity contribution in [2.75, 3.05) is 5.73 Å². The summed E-state index contributed by atoms with van der Waals surface area (Å²) in [6, 6.07) is 8.65. The van der Waals surface area contributed by atoms with Crippen LogP contribution in [0.4, 0.5) is 5.95 Å². The van der Waals surface area contributed by atoms with E-state index in [9.17, 15) is 4.79 Å². The maximum Gasteiger partial charge on any atom is 0.335 e. The largest absolute Gasteiger partial charge is 0.478 e. The molecule has 0 amide bonds. The molecule has 2 aromatic rings. The van der Waals surface area contributed by atoms with Crippen molar-refractivity contribution in [1.29, 1.82) is 0 Å². The van der Waals surface area contributed by atoms with Crippen molar-refractivity contribution < 1.29 is 9.90 Å². The summed E-state index contributed by atoms with van der Waals surface area (Å²) in [5.41, 5.74) is 7.74. The second-order valence-corrected chi connectivity index (χ2v) is 3.91. The Balaban J connectivity index is 2.00. The minimum Gasteiger partial charge on any atom is -0.478 e. The minimum atomic E-state index is -0.912. The van der Waals surface area contributed by atoms with Crippen LogP contribution < -0.4 is 5.73 Å². The zero-order valence-corrected chi connectivity index (χ0v) is 9.71. The molecule has 0 aliphatic carbocycles. The van der Waals surface area contributed by atoms with Crippen molar-refractivity contribution in [3.63, 3.8) is 0 Å². The van der Waals surface area contributed by atoms with Gasteiger partial charge in [0.15, 0.2) is 0 Å². The zero-order valence-electron chi connectivity index (χ0n) is 9.71. The molecule has 1 aromatic carbocycles. The third-order valence-corrected chi connectivity index (χ3v) is 2.60. The molecule has 0 unspecified atom stereocenters. The van der Waals surface area contributed by atoms with Gasteiger partial charge in [0.05, 0.1) is 5.56 Å². The maximum absolute atomic E-state index is 10.7. The Bertz CT molecular complexity index is 552. The molecule has 2 rings (SSSR count).